The van der Waals surface area contributed by atoms with Crippen molar-refractivity contribution in [3.05, 3.63) is 28.0 Å². The lowest BCUT2D eigenvalue weighted by atomic mass is 9.86. The number of hydrogen-bond acceptors (Lipinski definition) is 2. The molecule has 1 unspecified atom stereocenters. The first kappa shape index (κ1) is 11.7. The molecule has 1 aliphatic rings. The van der Waals surface area contributed by atoms with E-state index >= 15 is 0 Å². The predicted octanol–water partition coefficient (Wildman–Crippen LogP) is 3.09. The summed E-state index contributed by atoms with van der Waals surface area (Å²) >= 11 is 5.95. The molecule has 0 bridgehead atoms. The lowest BCUT2D eigenvalue weighted by Crippen LogP contribution is -2.34. The fourth-order valence-electron chi connectivity index (χ4n) is 2.49. The molecule has 2 nitrogen and oxygen atoms in total. The Balaban J connectivity index is 2.63. The first-order valence-electron chi connectivity index (χ1n) is 5.39. The molecule has 0 spiro atoms. The number of nitrogens with one attached hydrogen (secondary N) is 1. The molecule has 0 saturated carbocycles. The first-order chi connectivity index (χ1) is 7.46. The van der Waals surface area contributed by atoms with Gasteiger partial charge in [-0.2, -0.15) is 0 Å². The molecular weight excluding hydrogens is 229 g/mol. The fourth-order valence-corrected chi connectivity index (χ4v) is 2.68. The quantitative estimate of drug-likeness (QED) is 0.795. The topological polar surface area (TPSA) is 32.3 Å². The second-order valence-corrected chi connectivity index (χ2v) is 4.96. The standard InChI is InChI=1S/C12H15ClFNO/c1-7-8(13)6-9(14)11(16)10(7)12(2)4-3-5-15-12/h6,15-16H,3-5H2,1-2H3. The van der Waals surface area contributed by atoms with Gasteiger partial charge >= 0.3 is 0 Å². The Morgan fingerprint density at radius 1 is 1.56 bits per heavy atom. The van der Waals surface area contributed by atoms with Crippen molar-refractivity contribution in [1.82, 2.24) is 5.32 Å². The normalized spacial score (nSPS) is 25.0. The summed E-state index contributed by atoms with van der Waals surface area (Å²) < 4.78 is 13.5. The SMILES string of the molecule is Cc1c(Cl)cc(F)c(O)c1C1(C)CCCN1. The number of hydrogen-bond donors (Lipinski definition) is 2. The zero-order valence-electron chi connectivity index (χ0n) is 9.40. The average Bonchev–Trinajstić information content (AvgIpc) is 2.63. The van der Waals surface area contributed by atoms with Gasteiger partial charge in [0.05, 0.1) is 0 Å². The van der Waals surface area contributed by atoms with Gasteiger partial charge in [0.1, 0.15) is 0 Å². The van der Waals surface area contributed by atoms with Gasteiger partial charge in [0.15, 0.2) is 11.6 Å². The lowest BCUT2D eigenvalue weighted by Gasteiger charge is -2.28. The molecule has 88 valence electrons. The van der Waals surface area contributed by atoms with Gasteiger partial charge in [-0.15, -0.1) is 0 Å². The summed E-state index contributed by atoms with van der Waals surface area (Å²) in [5, 5.41) is 13.5. The van der Waals surface area contributed by atoms with Gasteiger partial charge in [-0.1, -0.05) is 11.6 Å². The Morgan fingerprint density at radius 2 is 2.25 bits per heavy atom. The molecule has 2 rings (SSSR count). The summed E-state index contributed by atoms with van der Waals surface area (Å²) in [4.78, 5) is 0. The van der Waals surface area contributed by atoms with E-state index in [0.717, 1.165) is 31.0 Å². The summed E-state index contributed by atoms with van der Waals surface area (Å²) in [5.41, 5.74) is 0.965. The van der Waals surface area contributed by atoms with Gasteiger partial charge < -0.3 is 10.4 Å². The molecular formula is C12H15ClFNO. The second-order valence-electron chi connectivity index (χ2n) is 4.55. The molecule has 0 aromatic heterocycles. The Hall–Kier alpha value is -0.800. The minimum Gasteiger partial charge on any atom is -0.505 e. The first-order valence-corrected chi connectivity index (χ1v) is 5.76. The van der Waals surface area contributed by atoms with Crippen LogP contribution in [-0.2, 0) is 5.54 Å². The largest absolute Gasteiger partial charge is 0.505 e. The Kier molecular flexibility index (Phi) is 2.84. The highest BCUT2D eigenvalue weighted by molar-refractivity contribution is 6.31. The molecule has 1 aromatic carbocycles. The Morgan fingerprint density at radius 3 is 2.81 bits per heavy atom. The van der Waals surface area contributed by atoms with Crippen molar-refractivity contribution in [1.29, 1.82) is 0 Å². The summed E-state index contributed by atoms with van der Waals surface area (Å²) in [6.45, 7) is 4.66. The second kappa shape index (κ2) is 3.90. The maximum atomic E-state index is 13.5. The number of phenols is 1. The highest BCUT2D eigenvalue weighted by Gasteiger charge is 2.35. The summed E-state index contributed by atoms with van der Waals surface area (Å²) in [6, 6.07) is 1.16. The van der Waals surface area contributed by atoms with Crippen LogP contribution >= 0.6 is 11.6 Å². The number of rotatable bonds is 1. The van der Waals surface area contributed by atoms with Crippen LogP contribution in [0.1, 0.15) is 30.9 Å². The van der Waals surface area contributed by atoms with E-state index in [2.05, 4.69) is 5.32 Å². The van der Waals surface area contributed by atoms with Crippen LogP contribution in [0.4, 0.5) is 4.39 Å². The summed E-state index contributed by atoms with van der Waals surface area (Å²) in [5.74, 6) is -0.931. The molecule has 1 saturated heterocycles. The minimum absolute atomic E-state index is 0.279. The lowest BCUT2D eigenvalue weighted by molar-refractivity contribution is 0.373. The van der Waals surface area contributed by atoms with E-state index < -0.39 is 5.82 Å². The van der Waals surface area contributed by atoms with Gasteiger partial charge in [-0.05, 0) is 44.9 Å². The van der Waals surface area contributed by atoms with Crippen molar-refractivity contribution < 1.29 is 9.50 Å². The predicted molar refractivity (Wildman–Crippen MR) is 62.4 cm³/mol. The zero-order valence-corrected chi connectivity index (χ0v) is 10.2. The average molecular weight is 244 g/mol. The van der Waals surface area contributed by atoms with Crippen molar-refractivity contribution in [2.45, 2.75) is 32.2 Å². The van der Waals surface area contributed by atoms with E-state index in [0.29, 0.717) is 10.6 Å². The molecule has 1 aliphatic heterocycles. The highest BCUT2D eigenvalue weighted by atomic mass is 35.5. The molecule has 1 heterocycles. The number of halogens is 2. The van der Waals surface area contributed by atoms with Gasteiger partial charge in [0.25, 0.3) is 0 Å². The van der Waals surface area contributed by atoms with Gasteiger partial charge in [0, 0.05) is 16.1 Å². The minimum atomic E-state index is -0.652. The van der Waals surface area contributed by atoms with E-state index in [4.69, 9.17) is 11.6 Å². The summed E-state index contributed by atoms with van der Waals surface area (Å²) in [6.07, 6.45) is 1.89. The van der Waals surface area contributed by atoms with E-state index in [1.807, 2.05) is 13.8 Å². The van der Waals surface area contributed by atoms with E-state index in [-0.39, 0.29) is 11.3 Å². The Labute approximate surface area is 99.4 Å². The third kappa shape index (κ3) is 1.68. The highest BCUT2D eigenvalue weighted by Crippen LogP contribution is 2.41. The van der Waals surface area contributed by atoms with Crippen molar-refractivity contribution in [3.8, 4) is 5.75 Å². The monoisotopic (exact) mass is 243 g/mol. The van der Waals surface area contributed by atoms with Crippen LogP contribution < -0.4 is 5.32 Å². The maximum Gasteiger partial charge on any atom is 0.166 e. The molecule has 1 atom stereocenters. The van der Waals surface area contributed by atoms with E-state index in [9.17, 15) is 9.50 Å². The molecule has 16 heavy (non-hydrogen) atoms. The van der Waals surface area contributed by atoms with Gasteiger partial charge in [-0.3, -0.25) is 0 Å². The molecule has 1 fully saturated rings. The van der Waals surface area contributed by atoms with Crippen LogP contribution in [0.15, 0.2) is 6.07 Å². The van der Waals surface area contributed by atoms with Crippen LogP contribution in [-0.4, -0.2) is 11.7 Å². The van der Waals surface area contributed by atoms with Crippen molar-refractivity contribution in [3.63, 3.8) is 0 Å². The Bertz CT molecular complexity index is 401. The fraction of sp³-hybridized carbons (Fsp3) is 0.500. The van der Waals surface area contributed by atoms with Crippen LogP contribution in [0.3, 0.4) is 0 Å². The van der Waals surface area contributed by atoms with Crippen molar-refractivity contribution >= 4 is 11.6 Å². The smallest absolute Gasteiger partial charge is 0.166 e. The summed E-state index contributed by atoms with van der Waals surface area (Å²) in [7, 11) is 0. The third-order valence-electron chi connectivity index (χ3n) is 3.37. The van der Waals surface area contributed by atoms with Crippen LogP contribution in [0.25, 0.3) is 0 Å². The molecule has 0 amide bonds. The van der Waals surface area contributed by atoms with E-state index in [1.165, 1.54) is 0 Å². The molecule has 2 N–H and O–H groups in total. The van der Waals surface area contributed by atoms with Crippen LogP contribution in [0.5, 0.6) is 5.75 Å². The maximum absolute atomic E-state index is 13.5. The number of benzene rings is 1. The number of aromatic hydroxyl groups is 1. The van der Waals surface area contributed by atoms with Crippen molar-refractivity contribution in [2.75, 3.05) is 6.54 Å². The van der Waals surface area contributed by atoms with Crippen molar-refractivity contribution in [2.24, 2.45) is 0 Å². The molecule has 0 radical (unpaired) electrons. The number of phenolic OH excluding ortho intramolecular Hbond substituents is 1. The van der Waals surface area contributed by atoms with Gasteiger partial charge in [0.2, 0.25) is 0 Å². The molecule has 1 aromatic rings. The zero-order chi connectivity index (χ0) is 11.9. The third-order valence-corrected chi connectivity index (χ3v) is 3.76. The van der Waals surface area contributed by atoms with Crippen LogP contribution in [0.2, 0.25) is 5.02 Å². The molecule has 4 heteroatoms. The van der Waals surface area contributed by atoms with E-state index in [1.54, 1.807) is 0 Å². The van der Waals surface area contributed by atoms with Crippen LogP contribution in [0, 0.1) is 12.7 Å². The molecule has 0 aliphatic carbocycles. The van der Waals surface area contributed by atoms with Gasteiger partial charge in [-0.25, -0.2) is 4.39 Å².